The lowest BCUT2D eigenvalue weighted by Crippen LogP contribution is -2.27. The van der Waals surface area contributed by atoms with Crippen molar-refractivity contribution in [2.45, 2.75) is 18.6 Å². The number of carbonyl (C=O) groups excluding carboxylic acids is 1. The summed E-state index contributed by atoms with van der Waals surface area (Å²) in [6.45, 7) is 6.23. The first-order valence-corrected chi connectivity index (χ1v) is 11.8. The molecule has 0 saturated carbocycles. The largest absolute Gasteiger partial charge is 0.497 e. The van der Waals surface area contributed by atoms with E-state index >= 15 is 0 Å². The highest BCUT2D eigenvalue weighted by atomic mass is 32.2. The quantitative estimate of drug-likeness (QED) is 0.269. The number of thioether (sulfide) groups is 1. The number of hydrogen-bond donors (Lipinski definition) is 2. The molecule has 0 unspecified atom stereocenters. The van der Waals surface area contributed by atoms with E-state index < -0.39 is 0 Å². The number of nitrogens with zero attached hydrogens (tertiary/aromatic N) is 3. The molecule has 0 atom stereocenters. The van der Waals surface area contributed by atoms with Crippen LogP contribution in [-0.2, 0) is 16.1 Å². The van der Waals surface area contributed by atoms with E-state index in [9.17, 15) is 4.79 Å². The molecular weight excluding hydrogens is 466 g/mol. The maximum absolute atomic E-state index is 12.4. The topological polar surface area (TPSA) is 99.5 Å². The van der Waals surface area contributed by atoms with Gasteiger partial charge < -0.3 is 24.8 Å². The monoisotopic (exact) mass is 495 g/mol. The van der Waals surface area contributed by atoms with Crippen LogP contribution in [0.3, 0.4) is 0 Å². The van der Waals surface area contributed by atoms with Crippen LogP contribution in [0.1, 0.15) is 12.7 Å². The summed E-state index contributed by atoms with van der Waals surface area (Å²) in [5, 5.41) is 15.4. The van der Waals surface area contributed by atoms with Gasteiger partial charge in [-0.3, -0.25) is 9.36 Å². The van der Waals surface area contributed by atoms with Crippen molar-refractivity contribution in [2.75, 3.05) is 31.8 Å². The molecule has 0 spiro atoms. The van der Waals surface area contributed by atoms with Gasteiger partial charge in [0, 0.05) is 5.69 Å². The van der Waals surface area contributed by atoms with E-state index in [4.69, 9.17) is 14.2 Å². The second-order valence-electron chi connectivity index (χ2n) is 7.18. The summed E-state index contributed by atoms with van der Waals surface area (Å²) in [6.07, 6.45) is 3.26. The van der Waals surface area contributed by atoms with E-state index in [1.54, 1.807) is 20.3 Å². The summed E-state index contributed by atoms with van der Waals surface area (Å²) >= 11 is 1.28. The number of para-hydroxylation sites is 2. The number of rotatable bonds is 13. The van der Waals surface area contributed by atoms with Gasteiger partial charge in [-0.1, -0.05) is 36.5 Å². The Hall–Kier alpha value is -3.92. The smallest absolute Gasteiger partial charge is 0.230 e. The minimum absolute atomic E-state index is 0.149. The molecule has 0 saturated heterocycles. The molecule has 3 rings (SSSR count). The molecule has 0 fully saturated rings. The third-order valence-corrected chi connectivity index (χ3v) is 5.68. The summed E-state index contributed by atoms with van der Waals surface area (Å²) in [5.41, 5.74) is 1.69. The number of hydrogen-bond acceptors (Lipinski definition) is 8. The Morgan fingerprint density at radius 3 is 2.60 bits per heavy atom. The SMILES string of the molecule is C=C(CNC(=O)CSc1nnc(CNc2ccc(OC)cc2)n1-c1ccccc1OC)O/C=C\C. The van der Waals surface area contributed by atoms with Crippen LogP contribution in [-0.4, -0.2) is 47.2 Å². The van der Waals surface area contributed by atoms with Gasteiger partial charge in [-0.15, -0.1) is 10.2 Å². The molecule has 10 heteroatoms. The Labute approximate surface area is 209 Å². The lowest BCUT2D eigenvalue weighted by molar-refractivity contribution is -0.118. The molecule has 184 valence electrons. The van der Waals surface area contributed by atoms with E-state index in [0.29, 0.717) is 29.0 Å². The van der Waals surface area contributed by atoms with E-state index in [2.05, 4.69) is 27.4 Å². The molecule has 1 heterocycles. The number of carbonyl (C=O) groups is 1. The lowest BCUT2D eigenvalue weighted by atomic mass is 10.3. The van der Waals surface area contributed by atoms with Crippen molar-refractivity contribution < 1.29 is 19.0 Å². The molecule has 9 nitrogen and oxygen atoms in total. The molecule has 2 aromatic carbocycles. The fourth-order valence-corrected chi connectivity index (χ4v) is 3.83. The first-order chi connectivity index (χ1) is 17.0. The molecule has 0 bridgehead atoms. The maximum Gasteiger partial charge on any atom is 0.230 e. The van der Waals surface area contributed by atoms with Crippen LogP contribution in [0.4, 0.5) is 5.69 Å². The number of benzene rings is 2. The number of ether oxygens (including phenoxy) is 3. The molecule has 3 aromatic rings. The van der Waals surface area contributed by atoms with Gasteiger partial charge in [-0.2, -0.15) is 0 Å². The van der Waals surface area contributed by atoms with Crippen molar-refractivity contribution in [3.05, 3.63) is 79.0 Å². The molecular formula is C25H29N5O4S. The Kier molecular flexibility index (Phi) is 9.61. The highest BCUT2D eigenvalue weighted by Crippen LogP contribution is 2.29. The van der Waals surface area contributed by atoms with Gasteiger partial charge >= 0.3 is 0 Å². The zero-order valence-electron chi connectivity index (χ0n) is 20.0. The maximum atomic E-state index is 12.4. The molecule has 2 N–H and O–H groups in total. The van der Waals surface area contributed by atoms with Crippen molar-refractivity contribution in [1.82, 2.24) is 20.1 Å². The fourth-order valence-electron chi connectivity index (χ4n) is 3.04. The Balaban J connectivity index is 1.75. The Bertz CT molecular complexity index is 1160. The van der Waals surface area contributed by atoms with Gasteiger partial charge in [0.25, 0.3) is 0 Å². The predicted octanol–water partition coefficient (Wildman–Crippen LogP) is 4.17. The van der Waals surface area contributed by atoms with Gasteiger partial charge in [0.2, 0.25) is 5.91 Å². The third kappa shape index (κ3) is 7.28. The first kappa shape index (κ1) is 25.7. The second kappa shape index (κ2) is 13.1. The van der Waals surface area contributed by atoms with Crippen LogP contribution >= 0.6 is 11.8 Å². The Morgan fingerprint density at radius 2 is 1.89 bits per heavy atom. The molecule has 0 aliphatic heterocycles. The second-order valence-corrected chi connectivity index (χ2v) is 8.12. The number of allylic oxidation sites excluding steroid dienone is 1. The molecule has 0 aliphatic rings. The molecule has 35 heavy (non-hydrogen) atoms. The van der Waals surface area contributed by atoms with Crippen LogP contribution in [0.25, 0.3) is 5.69 Å². The average molecular weight is 496 g/mol. The Morgan fingerprint density at radius 1 is 1.11 bits per heavy atom. The zero-order valence-corrected chi connectivity index (χ0v) is 20.8. The average Bonchev–Trinajstić information content (AvgIpc) is 3.30. The number of amides is 1. The molecule has 0 aliphatic carbocycles. The van der Waals surface area contributed by atoms with Crippen molar-refractivity contribution in [1.29, 1.82) is 0 Å². The van der Waals surface area contributed by atoms with Crippen LogP contribution in [0.5, 0.6) is 11.5 Å². The van der Waals surface area contributed by atoms with Crippen LogP contribution in [0.15, 0.2) is 78.4 Å². The first-order valence-electron chi connectivity index (χ1n) is 10.9. The van der Waals surface area contributed by atoms with Crippen molar-refractivity contribution in [3.8, 4) is 17.2 Å². The number of anilines is 1. The molecule has 1 amide bonds. The highest BCUT2D eigenvalue weighted by Gasteiger charge is 2.18. The predicted molar refractivity (Wildman–Crippen MR) is 137 cm³/mol. The highest BCUT2D eigenvalue weighted by molar-refractivity contribution is 7.99. The van der Waals surface area contributed by atoms with E-state index in [0.717, 1.165) is 17.1 Å². The normalized spacial score (nSPS) is 10.7. The van der Waals surface area contributed by atoms with Gasteiger partial charge in [0.1, 0.15) is 17.3 Å². The lowest BCUT2D eigenvalue weighted by Gasteiger charge is -2.14. The standard InChI is InChI=1S/C25H29N5O4S/c1-5-14-34-18(2)15-27-24(31)17-35-25-29-28-23(16-26-19-10-12-20(32-3)13-11-19)30(25)21-8-6-7-9-22(21)33-4/h5-14,26H,2,15-17H2,1,3-4H3,(H,27,31)/b14-5-. The number of nitrogens with one attached hydrogen (secondary N) is 2. The van der Waals surface area contributed by atoms with Gasteiger partial charge in [0.15, 0.2) is 11.0 Å². The van der Waals surface area contributed by atoms with E-state index in [1.807, 2.05) is 60.0 Å². The van der Waals surface area contributed by atoms with E-state index in [1.165, 1.54) is 18.0 Å². The summed E-state index contributed by atoms with van der Waals surface area (Å²) in [5.74, 6) is 2.54. The minimum atomic E-state index is -0.173. The number of methoxy groups -OCH3 is 2. The fraction of sp³-hybridized carbons (Fsp3) is 0.240. The number of aromatic nitrogens is 3. The summed E-state index contributed by atoms with van der Waals surface area (Å²) in [7, 11) is 3.24. The van der Waals surface area contributed by atoms with E-state index in [-0.39, 0.29) is 18.2 Å². The van der Waals surface area contributed by atoms with Crippen molar-refractivity contribution in [3.63, 3.8) is 0 Å². The summed E-state index contributed by atoms with van der Waals surface area (Å²) < 4.78 is 17.9. The zero-order chi connectivity index (χ0) is 25.0. The van der Waals surface area contributed by atoms with Gasteiger partial charge in [-0.05, 0) is 43.3 Å². The van der Waals surface area contributed by atoms with Crippen molar-refractivity contribution >= 4 is 23.4 Å². The van der Waals surface area contributed by atoms with Crippen LogP contribution < -0.4 is 20.1 Å². The third-order valence-electron chi connectivity index (χ3n) is 4.75. The molecule has 0 radical (unpaired) electrons. The van der Waals surface area contributed by atoms with Gasteiger partial charge in [0.05, 0.1) is 45.0 Å². The van der Waals surface area contributed by atoms with Crippen LogP contribution in [0, 0.1) is 0 Å². The molecule has 1 aromatic heterocycles. The van der Waals surface area contributed by atoms with Crippen molar-refractivity contribution in [2.24, 2.45) is 0 Å². The summed E-state index contributed by atoms with van der Waals surface area (Å²) in [6, 6.07) is 15.2. The van der Waals surface area contributed by atoms with Crippen LogP contribution in [0.2, 0.25) is 0 Å². The minimum Gasteiger partial charge on any atom is -0.497 e. The van der Waals surface area contributed by atoms with Gasteiger partial charge in [-0.25, -0.2) is 0 Å². The summed E-state index contributed by atoms with van der Waals surface area (Å²) in [4.78, 5) is 12.4.